The average Bonchev–Trinajstić information content (AvgIpc) is 2.54. The average molecular weight is 316 g/mol. The van der Waals surface area contributed by atoms with Gasteiger partial charge in [0.15, 0.2) is 0 Å². The number of hydrogen-bond donors (Lipinski definition) is 0. The minimum absolute atomic E-state index is 0.393. The van der Waals surface area contributed by atoms with Crippen molar-refractivity contribution in [2.24, 2.45) is 0 Å². The lowest BCUT2D eigenvalue weighted by atomic mass is 10.0. The third-order valence-electron chi connectivity index (χ3n) is 3.95. The number of nitrogens with zero attached hydrogens (tertiary/aromatic N) is 2. The lowest BCUT2D eigenvalue weighted by molar-refractivity contribution is 0.134. The molecule has 0 saturated carbocycles. The third-order valence-corrected chi connectivity index (χ3v) is 4.74. The summed E-state index contributed by atoms with van der Waals surface area (Å²) in [5.74, 6) is 0. The van der Waals surface area contributed by atoms with Crippen molar-refractivity contribution in [3.63, 3.8) is 0 Å². The van der Waals surface area contributed by atoms with Crippen molar-refractivity contribution in [2.45, 2.75) is 49.7 Å². The number of piperidine rings is 1. The molecule has 2 aliphatic rings. The number of halogens is 2. The number of alkyl halides is 1. The normalized spacial score (nSPS) is 32.9. The van der Waals surface area contributed by atoms with Crippen LogP contribution in [0.4, 0.5) is 0 Å². The van der Waals surface area contributed by atoms with Crippen LogP contribution in [0.25, 0.3) is 0 Å². The van der Waals surface area contributed by atoms with Gasteiger partial charge in [-0.1, -0.05) is 0 Å². The second-order valence-corrected chi connectivity index (χ2v) is 6.67. The van der Waals surface area contributed by atoms with E-state index in [1.807, 2.05) is 12.4 Å². The quantitative estimate of drug-likeness (QED) is 0.776. The molecule has 0 spiro atoms. The van der Waals surface area contributed by atoms with E-state index >= 15 is 0 Å². The molecule has 3 heterocycles. The lowest BCUT2D eigenvalue weighted by Gasteiger charge is -2.36. The molecule has 0 radical (unpaired) electrons. The molecule has 2 nitrogen and oxygen atoms in total. The second-order valence-electron chi connectivity index (χ2n) is 5.14. The third kappa shape index (κ3) is 2.51. The van der Waals surface area contributed by atoms with Crippen LogP contribution in [0.2, 0.25) is 0 Å². The van der Waals surface area contributed by atoms with Crippen LogP contribution in [0.5, 0.6) is 0 Å². The van der Waals surface area contributed by atoms with Crippen LogP contribution in [-0.2, 0) is 6.54 Å². The van der Waals surface area contributed by atoms with Crippen LogP contribution in [0.3, 0.4) is 0 Å². The zero-order chi connectivity index (χ0) is 11.8. The number of hydrogen-bond acceptors (Lipinski definition) is 2. The summed E-state index contributed by atoms with van der Waals surface area (Å²) >= 11 is 9.77. The molecular weight excluding hydrogens is 300 g/mol. The van der Waals surface area contributed by atoms with E-state index < -0.39 is 0 Å². The predicted molar refractivity (Wildman–Crippen MR) is 73.2 cm³/mol. The summed E-state index contributed by atoms with van der Waals surface area (Å²) in [7, 11) is 0. The molecule has 1 aromatic heterocycles. The van der Waals surface area contributed by atoms with Crippen LogP contribution in [0, 0.1) is 0 Å². The maximum absolute atomic E-state index is 6.29. The fraction of sp³-hybridized carbons (Fsp3) is 0.615. The van der Waals surface area contributed by atoms with E-state index in [0.29, 0.717) is 17.5 Å². The van der Waals surface area contributed by atoms with E-state index in [1.165, 1.54) is 18.4 Å². The Morgan fingerprint density at radius 2 is 2.00 bits per heavy atom. The summed E-state index contributed by atoms with van der Waals surface area (Å²) < 4.78 is 1.06. The zero-order valence-electron chi connectivity index (χ0n) is 9.65. The molecular formula is C13H16BrClN2. The Balaban J connectivity index is 1.74. The molecule has 2 atom stereocenters. The van der Waals surface area contributed by atoms with E-state index in [9.17, 15) is 0 Å². The van der Waals surface area contributed by atoms with Crippen LogP contribution >= 0.6 is 27.5 Å². The number of pyridine rings is 1. The Morgan fingerprint density at radius 3 is 2.65 bits per heavy atom. The summed E-state index contributed by atoms with van der Waals surface area (Å²) in [5, 5.41) is 0.393. The van der Waals surface area contributed by atoms with E-state index in [4.69, 9.17) is 11.6 Å². The molecule has 0 N–H and O–H groups in total. The van der Waals surface area contributed by atoms with Gasteiger partial charge in [0, 0.05) is 40.9 Å². The van der Waals surface area contributed by atoms with Gasteiger partial charge in [0.2, 0.25) is 0 Å². The molecule has 92 valence electrons. The van der Waals surface area contributed by atoms with Crippen molar-refractivity contribution in [1.82, 2.24) is 9.88 Å². The second kappa shape index (κ2) is 4.87. The van der Waals surface area contributed by atoms with E-state index in [2.05, 4.69) is 31.9 Å². The van der Waals surface area contributed by atoms with Gasteiger partial charge < -0.3 is 0 Å². The monoisotopic (exact) mass is 314 g/mol. The van der Waals surface area contributed by atoms with Gasteiger partial charge in [0.1, 0.15) is 0 Å². The van der Waals surface area contributed by atoms with Crippen LogP contribution < -0.4 is 0 Å². The highest BCUT2D eigenvalue weighted by atomic mass is 79.9. The highest BCUT2D eigenvalue weighted by Crippen LogP contribution is 2.38. The molecule has 2 fully saturated rings. The summed E-state index contributed by atoms with van der Waals surface area (Å²) in [6.45, 7) is 1.02. The Hall–Kier alpha value is -0.120. The van der Waals surface area contributed by atoms with Gasteiger partial charge in [0.05, 0.1) is 0 Å². The SMILES string of the molecule is ClC1CC2CCC(C1)N2Cc1cncc(Br)c1. The summed E-state index contributed by atoms with van der Waals surface area (Å²) in [5.41, 5.74) is 1.30. The number of aromatic nitrogens is 1. The Labute approximate surface area is 115 Å². The van der Waals surface area contributed by atoms with Crippen molar-refractivity contribution in [2.75, 3.05) is 0 Å². The fourth-order valence-corrected chi connectivity index (χ4v) is 4.04. The summed E-state index contributed by atoms with van der Waals surface area (Å²) in [6, 6.07) is 3.55. The maximum atomic E-state index is 6.29. The van der Waals surface area contributed by atoms with Gasteiger partial charge in [-0.15, -0.1) is 11.6 Å². The first-order valence-corrected chi connectivity index (χ1v) is 7.44. The van der Waals surface area contributed by atoms with Crippen molar-refractivity contribution in [1.29, 1.82) is 0 Å². The van der Waals surface area contributed by atoms with Crippen LogP contribution in [-0.4, -0.2) is 27.3 Å². The lowest BCUT2D eigenvalue weighted by Crippen LogP contribution is -2.42. The van der Waals surface area contributed by atoms with Gasteiger partial charge in [-0.25, -0.2) is 0 Å². The fourth-order valence-electron chi connectivity index (χ4n) is 3.22. The Kier molecular flexibility index (Phi) is 3.42. The Morgan fingerprint density at radius 1 is 1.29 bits per heavy atom. The minimum Gasteiger partial charge on any atom is -0.293 e. The molecule has 17 heavy (non-hydrogen) atoms. The van der Waals surface area contributed by atoms with Crippen LogP contribution in [0.15, 0.2) is 22.9 Å². The smallest absolute Gasteiger partial charge is 0.0410 e. The highest BCUT2D eigenvalue weighted by Gasteiger charge is 2.39. The molecule has 4 heteroatoms. The molecule has 1 aromatic rings. The van der Waals surface area contributed by atoms with Gasteiger partial charge in [-0.3, -0.25) is 9.88 Å². The van der Waals surface area contributed by atoms with Crippen molar-refractivity contribution >= 4 is 27.5 Å². The maximum Gasteiger partial charge on any atom is 0.0410 e. The molecule has 3 rings (SSSR count). The van der Waals surface area contributed by atoms with Crippen molar-refractivity contribution in [3.8, 4) is 0 Å². The van der Waals surface area contributed by atoms with E-state index in [0.717, 1.165) is 23.9 Å². The predicted octanol–water partition coefficient (Wildman–Crippen LogP) is 3.58. The number of rotatable bonds is 2. The first kappa shape index (κ1) is 11.9. The molecule has 0 aliphatic carbocycles. The zero-order valence-corrected chi connectivity index (χ0v) is 12.0. The van der Waals surface area contributed by atoms with E-state index in [-0.39, 0.29) is 0 Å². The molecule has 2 aliphatic heterocycles. The molecule has 2 unspecified atom stereocenters. The Bertz CT molecular complexity index is 398. The molecule has 2 bridgehead atoms. The summed E-state index contributed by atoms with van der Waals surface area (Å²) in [4.78, 5) is 6.86. The first-order valence-electron chi connectivity index (χ1n) is 6.21. The molecule has 0 amide bonds. The van der Waals surface area contributed by atoms with Gasteiger partial charge >= 0.3 is 0 Å². The summed E-state index contributed by atoms with van der Waals surface area (Å²) in [6.07, 6.45) is 8.74. The molecule has 2 saturated heterocycles. The van der Waals surface area contributed by atoms with Gasteiger partial charge in [0.25, 0.3) is 0 Å². The standard InChI is InChI=1S/C13H16BrClN2/c14-10-3-9(6-16-7-10)8-17-12-1-2-13(17)5-11(15)4-12/h3,6-7,11-13H,1-2,4-5,8H2. The number of fused-ring (bicyclic) bond motifs is 2. The van der Waals surface area contributed by atoms with Gasteiger partial charge in [-0.05, 0) is 53.2 Å². The molecule has 0 aromatic carbocycles. The van der Waals surface area contributed by atoms with E-state index in [1.54, 1.807) is 0 Å². The van der Waals surface area contributed by atoms with Crippen LogP contribution in [0.1, 0.15) is 31.2 Å². The topological polar surface area (TPSA) is 16.1 Å². The highest BCUT2D eigenvalue weighted by molar-refractivity contribution is 9.10. The van der Waals surface area contributed by atoms with Gasteiger partial charge in [-0.2, -0.15) is 0 Å². The largest absolute Gasteiger partial charge is 0.293 e. The van der Waals surface area contributed by atoms with Crippen molar-refractivity contribution < 1.29 is 0 Å². The minimum atomic E-state index is 0.393. The first-order chi connectivity index (χ1) is 8.22. The van der Waals surface area contributed by atoms with Crippen molar-refractivity contribution in [3.05, 3.63) is 28.5 Å².